The van der Waals surface area contributed by atoms with E-state index in [2.05, 4.69) is 27.0 Å². The van der Waals surface area contributed by atoms with Gasteiger partial charge in [0.2, 0.25) is 11.8 Å². The zero-order valence-corrected chi connectivity index (χ0v) is 17.2. The van der Waals surface area contributed by atoms with E-state index in [1.165, 1.54) is 9.80 Å². The number of amides is 4. The van der Waals surface area contributed by atoms with Crippen LogP contribution in [0.4, 0.5) is 4.79 Å². The van der Waals surface area contributed by atoms with E-state index < -0.39 is 23.3 Å². The Balaban J connectivity index is 3.08. The van der Waals surface area contributed by atoms with E-state index in [0.717, 1.165) is 51.4 Å². The molecule has 0 saturated carbocycles. The molecule has 0 aromatic carbocycles. The van der Waals surface area contributed by atoms with Crippen molar-refractivity contribution in [1.82, 2.24) is 9.80 Å². The highest BCUT2D eigenvalue weighted by Crippen LogP contribution is 2.37. The summed E-state index contributed by atoms with van der Waals surface area (Å²) in [5.74, 6) is -0.780. The van der Waals surface area contributed by atoms with Gasteiger partial charge in [-0.25, -0.2) is 4.79 Å². The summed E-state index contributed by atoms with van der Waals surface area (Å²) in [6.07, 6.45) is 11.4. The Hall–Kier alpha value is -1.91. The number of hydrogen-bond donors (Lipinski definition) is 0. The molecule has 0 spiro atoms. The normalized spacial score (nSPS) is 16.7. The number of carbonyl (C=O) groups is 3. The minimum atomic E-state index is -1.27. The molecular formula is C22H36N2O3. The Bertz CT molecular complexity index is 496. The minimum absolute atomic E-state index is 0.223. The van der Waals surface area contributed by atoms with Crippen LogP contribution in [0.3, 0.4) is 0 Å². The van der Waals surface area contributed by atoms with Gasteiger partial charge in [0.15, 0.2) is 0 Å². The van der Waals surface area contributed by atoms with E-state index in [1.54, 1.807) is 12.2 Å². The van der Waals surface area contributed by atoms with Crippen LogP contribution < -0.4 is 0 Å². The van der Waals surface area contributed by atoms with Gasteiger partial charge in [-0.15, -0.1) is 13.2 Å². The summed E-state index contributed by atoms with van der Waals surface area (Å²) in [5.41, 5.74) is -1.27. The second kappa shape index (κ2) is 11.7. The van der Waals surface area contributed by atoms with Crippen LogP contribution in [0.15, 0.2) is 25.3 Å². The van der Waals surface area contributed by atoms with Gasteiger partial charge in [0.05, 0.1) is 0 Å². The van der Waals surface area contributed by atoms with E-state index in [9.17, 15) is 14.4 Å². The number of barbiturate groups is 1. The molecular weight excluding hydrogens is 340 g/mol. The fourth-order valence-electron chi connectivity index (χ4n) is 3.64. The molecule has 1 heterocycles. The van der Waals surface area contributed by atoms with Crippen LogP contribution in [-0.2, 0) is 9.59 Å². The Morgan fingerprint density at radius 2 is 1.15 bits per heavy atom. The van der Waals surface area contributed by atoms with E-state index in [-0.39, 0.29) is 12.8 Å². The van der Waals surface area contributed by atoms with E-state index in [1.807, 2.05) is 0 Å². The molecule has 5 nitrogen and oxygen atoms in total. The molecule has 1 fully saturated rings. The van der Waals surface area contributed by atoms with Gasteiger partial charge in [-0.1, -0.05) is 64.5 Å². The Morgan fingerprint density at radius 1 is 0.741 bits per heavy atom. The summed E-state index contributed by atoms with van der Waals surface area (Å²) in [4.78, 5) is 41.9. The monoisotopic (exact) mass is 376 g/mol. The fourth-order valence-corrected chi connectivity index (χ4v) is 3.64. The molecule has 0 radical (unpaired) electrons. The molecule has 0 aliphatic carbocycles. The van der Waals surface area contributed by atoms with Crippen LogP contribution in [0.25, 0.3) is 0 Å². The number of hydrogen-bond acceptors (Lipinski definition) is 3. The van der Waals surface area contributed by atoms with E-state index in [4.69, 9.17) is 0 Å². The number of imide groups is 2. The molecule has 1 saturated heterocycles. The average Bonchev–Trinajstić information content (AvgIpc) is 2.65. The van der Waals surface area contributed by atoms with Gasteiger partial charge in [0.1, 0.15) is 5.41 Å². The highest BCUT2D eigenvalue weighted by atomic mass is 16.2. The van der Waals surface area contributed by atoms with Crippen molar-refractivity contribution in [2.24, 2.45) is 5.41 Å². The summed E-state index contributed by atoms with van der Waals surface area (Å²) in [5, 5.41) is 0. The molecule has 152 valence electrons. The number of carbonyl (C=O) groups excluding carboxylic acids is 3. The molecule has 0 atom stereocenters. The molecule has 5 heteroatoms. The molecule has 0 bridgehead atoms. The van der Waals surface area contributed by atoms with E-state index in [0.29, 0.717) is 13.1 Å². The third-order valence-electron chi connectivity index (χ3n) is 5.23. The summed E-state index contributed by atoms with van der Waals surface area (Å²) < 4.78 is 0. The lowest BCUT2D eigenvalue weighted by atomic mass is 9.76. The molecule has 27 heavy (non-hydrogen) atoms. The lowest BCUT2D eigenvalue weighted by molar-refractivity contribution is -0.158. The van der Waals surface area contributed by atoms with Crippen LogP contribution in [0, 0.1) is 5.41 Å². The number of allylic oxidation sites excluding steroid dienone is 2. The second-order valence-corrected chi connectivity index (χ2v) is 7.39. The standard InChI is InChI=1S/C22H36N2O3/c1-5-9-11-13-17-23-19(25)22(15-7-3,16-8-4)20(26)24(21(23)27)18-14-12-10-6-2/h7-8H,3-6,9-18H2,1-2H3. The van der Waals surface area contributed by atoms with Crippen molar-refractivity contribution in [2.45, 2.75) is 78.1 Å². The SMILES string of the molecule is C=CCC1(CC=C)C(=O)N(CCCCCC)C(=O)N(CCCCCC)C1=O. The maximum absolute atomic E-state index is 13.2. The molecule has 4 amide bonds. The zero-order chi connectivity index (χ0) is 20.3. The van der Waals surface area contributed by atoms with Crippen LogP contribution in [0.2, 0.25) is 0 Å². The highest BCUT2D eigenvalue weighted by molar-refractivity contribution is 6.19. The smallest absolute Gasteiger partial charge is 0.273 e. The maximum atomic E-state index is 13.2. The number of urea groups is 1. The number of nitrogens with zero attached hydrogens (tertiary/aromatic N) is 2. The van der Waals surface area contributed by atoms with Crippen molar-refractivity contribution < 1.29 is 14.4 Å². The van der Waals surface area contributed by atoms with Gasteiger partial charge in [0.25, 0.3) is 0 Å². The summed E-state index contributed by atoms with van der Waals surface area (Å²) >= 11 is 0. The van der Waals surface area contributed by atoms with Crippen LogP contribution in [0.5, 0.6) is 0 Å². The van der Waals surface area contributed by atoms with Crippen LogP contribution in [-0.4, -0.2) is 40.7 Å². The van der Waals surface area contributed by atoms with Crippen molar-refractivity contribution in [1.29, 1.82) is 0 Å². The van der Waals surface area contributed by atoms with Crippen LogP contribution in [0.1, 0.15) is 78.1 Å². The second-order valence-electron chi connectivity index (χ2n) is 7.39. The Kier molecular flexibility index (Phi) is 10.0. The molecule has 0 N–H and O–H groups in total. The highest BCUT2D eigenvalue weighted by Gasteiger charge is 2.55. The van der Waals surface area contributed by atoms with Crippen LogP contribution >= 0.6 is 0 Å². The van der Waals surface area contributed by atoms with Gasteiger partial charge in [-0.3, -0.25) is 19.4 Å². The van der Waals surface area contributed by atoms with Crippen molar-refractivity contribution in [3.63, 3.8) is 0 Å². The predicted octanol–water partition coefficient (Wildman–Crippen LogP) is 5.08. The maximum Gasteiger partial charge on any atom is 0.333 e. The van der Waals surface area contributed by atoms with Crippen molar-refractivity contribution >= 4 is 17.8 Å². The Morgan fingerprint density at radius 3 is 1.48 bits per heavy atom. The average molecular weight is 377 g/mol. The first-order valence-electron chi connectivity index (χ1n) is 10.4. The third kappa shape index (κ3) is 5.53. The number of rotatable bonds is 14. The van der Waals surface area contributed by atoms with Gasteiger partial charge in [0, 0.05) is 13.1 Å². The first-order chi connectivity index (χ1) is 13.0. The molecule has 1 rings (SSSR count). The molecule has 0 aromatic rings. The lowest BCUT2D eigenvalue weighted by Crippen LogP contribution is -2.65. The molecule has 0 aromatic heterocycles. The molecule has 1 aliphatic heterocycles. The van der Waals surface area contributed by atoms with Crippen molar-refractivity contribution in [2.75, 3.05) is 13.1 Å². The molecule has 0 unspecified atom stereocenters. The Labute approximate surface area is 164 Å². The third-order valence-corrected chi connectivity index (χ3v) is 5.23. The quantitative estimate of drug-likeness (QED) is 0.241. The lowest BCUT2D eigenvalue weighted by Gasteiger charge is -2.43. The van der Waals surface area contributed by atoms with Gasteiger partial charge >= 0.3 is 6.03 Å². The summed E-state index contributed by atoms with van der Waals surface area (Å²) in [7, 11) is 0. The van der Waals surface area contributed by atoms with E-state index >= 15 is 0 Å². The molecule has 1 aliphatic rings. The first-order valence-corrected chi connectivity index (χ1v) is 10.4. The van der Waals surface area contributed by atoms with Gasteiger partial charge in [-0.2, -0.15) is 0 Å². The largest absolute Gasteiger partial charge is 0.333 e. The first kappa shape index (κ1) is 23.1. The summed E-state index contributed by atoms with van der Waals surface area (Å²) in [6, 6.07) is -0.457. The topological polar surface area (TPSA) is 57.7 Å². The van der Waals surface area contributed by atoms with Gasteiger partial charge < -0.3 is 0 Å². The zero-order valence-electron chi connectivity index (χ0n) is 17.2. The van der Waals surface area contributed by atoms with Crippen molar-refractivity contribution in [3.05, 3.63) is 25.3 Å². The number of unbranched alkanes of at least 4 members (excludes halogenated alkanes) is 6. The fraction of sp³-hybridized carbons (Fsp3) is 0.682. The minimum Gasteiger partial charge on any atom is -0.273 e. The predicted molar refractivity (Wildman–Crippen MR) is 109 cm³/mol. The van der Waals surface area contributed by atoms with Gasteiger partial charge in [-0.05, 0) is 25.7 Å². The summed E-state index contributed by atoms with van der Waals surface area (Å²) in [6.45, 7) is 12.4. The van der Waals surface area contributed by atoms with Crippen molar-refractivity contribution in [3.8, 4) is 0 Å².